The normalized spacial score (nSPS) is 15.4. The van der Waals surface area contributed by atoms with Gasteiger partial charge in [-0.2, -0.15) is 0 Å². The van der Waals surface area contributed by atoms with Gasteiger partial charge in [0.2, 0.25) is 0 Å². The molecule has 0 spiro atoms. The molecule has 0 saturated heterocycles. The van der Waals surface area contributed by atoms with Crippen molar-refractivity contribution < 1.29 is 27.0 Å². The van der Waals surface area contributed by atoms with Crippen LogP contribution in [0, 0.1) is 25.9 Å². The van der Waals surface area contributed by atoms with E-state index in [4.69, 9.17) is 11.8 Å². The fraction of sp³-hybridized carbons (Fsp3) is 0.245. The van der Waals surface area contributed by atoms with Gasteiger partial charge in [0.05, 0.1) is 0 Å². The van der Waals surface area contributed by atoms with Gasteiger partial charge in [-0.05, 0) is 101 Å². The minimum absolute atomic E-state index is 0. The summed E-state index contributed by atoms with van der Waals surface area (Å²) in [4.78, 5) is 9.22. The fourth-order valence-corrected chi connectivity index (χ4v) is 7.91. The van der Waals surface area contributed by atoms with E-state index in [9.17, 15) is 0 Å². The van der Waals surface area contributed by atoms with Crippen molar-refractivity contribution in [2.24, 2.45) is 0 Å². The molecular formula is C53H50IrN2-2. The maximum absolute atomic E-state index is 9.12. The second kappa shape index (κ2) is 17.9. The molecule has 0 N–H and O–H groups in total. The Balaban J connectivity index is 0.00000561. The molecule has 8 rings (SSSR count). The molecule has 0 atom stereocenters. The summed E-state index contributed by atoms with van der Waals surface area (Å²) >= 11 is 0. The standard InChI is InChI=1S/C53H50N2.Ir/c1-36(2)51-35-55-53(33-50(51)44-23-21-42(22-24-44)41-10-6-5-7-11-41)46-27-25-43(26-28-46)48-12-8-9-13-49(48)47-31-38(4)30-40(32-47)16-15-39-17-19-45(20-18-39)52-29-14-37(3)34-54-52;/h8-9,12-14,17-19,21-27,29-36,41H,5-7,10-11,15-16H2,1-4H3;/q-2;/i3D3,36D,41D;. The second-order valence-corrected chi connectivity index (χ2v) is 15.1. The number of benzene rings is 5. The SMILES string of the molecule is [2H]C([2H])([2H])c1ccc(-c2[c-]cc(CCc3cc(C)cc(-c4ccccc4-c4c[c-]c(-c5cc(-c6ccc(C7([2H])CCCCC7)cc6)c(C([2H])(C)C)cn5)cc4)c3)cc2)nc1.[Ir]. The van der Waals surface area contributed by atoms with Gasteiger partial charge in [-0.1, -0.05) is 141 Å². The van der Waals surface area contributed by atoms with Gasteiger partial charge in [0.25, 0.3) is 0 Å². The molecule has 0 unspecified atom stereocenters. The van der Waals surface area contributed by atoms with Crippen LogP contribution in [0.4, 0.5) is 0 Å². The molecule has 5 aromatic carbocycles. The van der Waals surface area contributed by atoms with Gasteiger partial charge >= 0.3 is 0 Å². The Bertz CT molecular complexity index is 2590. The summed E-state index contributed by atoms with van der Waals surface area (Å²) in [6.45, 7) is 3.79. The van der Waals surface area contributed by atoms with Crippen molar-refractivity contribution >= 4 is 0 Å². The molecule has 1 aliphatic carbocycles. The van der Waals surface area contributed by atoms with E-state index in [-0.39, 0.29) is 25.7 Å². The van der Waals surface area contributed by atoms with Gasteiger partial charge in [-0.25, -0.2) is 0 Å². The molecule has 1 saturated carbocycles. The van der Waals surface area contributed by atoms with Crippen LogP contribution in [0.15, 0.2) is 134 Å². The van der Waals surface area contributed by atoms with Gasteiger partial charge < -0.3 is 9.97 Å². The van der Waals surface area contributed by atoms with E-state index in [1.165, 1.54) is 34.9 Å². The first-order valence-corrected chi connectivity index (χ1v) is 19.6. The van der Waals surface area contributed by atoms with E-state index < -0.39 is 18.6 Å². The Morgan fingerprint density at radius 3 is 2.04 bits per heavy atom. The first-order chi connectivity index (χ1) is 28.7. The van der Waals surface area contributed by atoms with Gasteiger partial charge in [-0.3, -0.25) is 0 Å². The zero-order valence-corrected chi connectivity index (χ0v) is 34.8. The van der Waals surface area contributed by atoms with Crippen LogP contribution < -0.4 is 0 Å². The van der Waals surface area contributed by atoms with Crippen molar-refractivity contribution in [2.45, 2.75) is 84.4 Å². The number of pyridine rings is 2. The van der Waals surface area contributed by atoms with Gasteiger partial charge in [0.1, 0.15) is 0 Å². The van der Waals surface area contributed by atoms with Crippen LogP contribution in [0.25, 0.3) is 55.9 Å². The third-order valence-electron chi connectivity index (χ3n) is 10.9. The van der Waals surface area contributed by atoms with E-state index in [1.807, 2.05) is 32.2 Å². The van der Waals surface area contributed by atoms with Crippen LogP contribution in [0.5, 0.6) is 0 Å². The summed E-state index contributed by atoms with van der Waals surface area (Å²) in [7, 11) is 0. The van der Waals surface area contributed by atoms with Crippen molar-refractivity contribution in [3.8, 4) is 55.9 Å². The second-order valence-electron chi connectivity index (χ2n) is 15.1. The third-order valence-corrected chi connectivity index (χ3v) is 10.9. The predicted octanol–water partition coefficient (Wildman–Crippen LogP) is 14.0. The van der Waals surface area contributed by atoms with Crippen molar-refractivity contribution in [1.82, 2.24) is 9.97 Å². The van der Waals surface area contributed by atoms with Crippen LogP contribution in [0.2, 0.25) is 0 Å². The Morgan fingerprint density at radius 2 is 1.36 bits per heavy atom. The Hall–Kier alpha value is -4.95. The topological polar surface area (TPSA) is 25.8 Å². The summed E-state index contributed by atoms with van der Waals surface area (Å²) in [5.41, 5.74) is 15.6. The minimum atomic E-state index is -2.17. The molecule has 56 heavy (non-hydrogen) atoms. The smallest absolute Gasteiger partial charge is 0.0352 e. The summed E-state index contributed by atoms with van der Waals surface area (Å²) in [5.74, 6) is -1.35. The molecule has 2 nitrogen and oxygen atoms in total. The quantitative estimate of drug-likeness (QED) is 0.128. The summed E-state index contributed by atoms with van der Waals surface area (Å²) in [6, 6.07) is 48.5. The van der Waals surface area contributed by atoms with E-state index >= 15 is 0 Å². The van der Waals surface area contributed by atoms with Crippen LogP contribution >= 0.6 is 0 Å². The molecular weight excluding hydrogens is 857 g/mol. The van der Waals surface area contributed by atoms with E-state index in [2.05, 4.69) is 121 Å². The van der Waals surface area contributed by atoms with Gasteiger partial charge in [-0.15, -0.1) is 65.2 Å². The molecule has 7 aromatic rings. The number of hydrogen-bond donors (Lipinski definition) is 0. The zero-order chi connectivity index (χ0) is 42.1. The number of nitrogens with zero attached hydrogens (tertiary/aromatic N) is 2. The molecule has 2 aromatic heterocycles. The fourth-order valence-electron chi connectivity index (χ4n) is 7.91. The molecule has 1 fully saturated rings. The van der Waals surface area contributed by atoms with Crippen LogP contribution in [0.1, 0.15) is 98.0 Å². The summed E-state index contributed by atoms with van der Waals surface area (Å²) in [6.07, 6.45) is 10.3. The maximum atomic E-state index is 9.12. The van der Waals surface area contributed by atoms with Crippen molar-refractivity contribution in [3.63, 3.8) is 0 Å². The predicted molar refractivity (Wildman–Crippen MR) is 230 cm³/mol. The average Bonchev–Trinajstić information content (AvgIpc) is 3.25. The molecule has 0 bridgehead atoms. The van der Waals surface area contributed by atoms with E-state index in [0.29, 0.717) is 5.69 Å². The number of aryl methyl sites for hydroxylation is 4. The average molecular weight is 912 g/mol. The van der Waals surface area contributed by atoms with Crippen molar-refractivity contribution in [3.05, 3.63) is 179 Å². The Morgan fingerprint density at radius 1 is 0.661 bits per heavy atom. The molecule has 283 valence electrons. The first-order valence-electron chi connectivity index (χ1n) is 22.1. The zero-order valence-electron chi connectivity index (χ0n) is 37.4. The third kappa shape index (κ3) is 9.02. The molecule has 0 aliphatic heterocycles. The van der Waals surface area contributed by atoms with Gasteiger partial charge in [0, 0.05) is 39.4 Å². The largest absolute Gasteiger partial charge is 0.304 e. The maximum Gasteiger partial charge on any atom is 0.0352 e. The molecule has 2 heterocycles. The minimum Gasteiger partial charge on any atom is -0.304 e. The monoisotopic (exact) mass is 912 g/mol. The van der Waals surface area contributed by atoms with E-state index in [0.717, 1.165) is 94.3 Å². The number of rotatable bonds is 10. The van der Waals surface area contributed by atoms with Crippen molar-refractivity contribution in [1.29, 1.82) is 0 Å². The van der Waals surface area contributed by atoms with Gasteiger partial charge in [0.15, 0.2) is 0 Å². The van der Waals surface area contributed by atoms with Crippen LogP contribution in [-0.2, 0) is 32.9 Å². The Labute approximate surface area is 354 Å². The van der Waals surface area contributed by atoms with E-state index in [1.54, 1.807) is 12.1 Å². The van der Waals surface area contributed by atoms with Crippen molar-refractivity contribution in [2.75, 3.05) is 0 Å². The molecule has 1 aliphatic rings. The first kappa shape index (κ1) is 33.2. The Kier molecular flexibility index (Phi) is 10.6. The number of aromatic nitrogens is 2. The van der Waals surface area contributed by atoms with Crippen LogP contribution in [0.3, 0.4) is 0 Å². The molecule has 0 amide bonds. The molecule has 3 heteroatoms. The molecule has 1 radical (unpaired) electrons. The summed E-state index contributed by atoms with van der Waals surface area (Å²) in [5, 5.41) is 0. The van der Waals surface area contributed by atoms with Crippen LogP contribution in [-0.4, -0.2) is 9.97 Å². The summed E-state index contributed by atoms with van der Waals surface area (Å²) < 4.78 is 40.8. The number of hydrogen-bond acceptors (Lipinski definition) is 2.